The van der Waals surface area contributed by atoms with Crippen LogP contribution in [0, 0.1) is 6.92 Å². The van der Waals surface area contributed by atoms with Crippen molar-refractivity contribution in [2.75, 3.05) is 23.7 Å². The molecule has 1 N–H and O–H groups in total. The highest BCUT2D eigenvalue weighted by Crippen LogP contribution is 2.30. The SMILES string of the molecule is CCOc1ccccc1N(CCCC(=O)N(Cc1cccc(C)c1)[C@@H](CC)C(=O)N[C@H](C)CC)S(C)(=O)=O. The molecule has 0 saturated heterocycles. The molecule has 38 heavy (non-hydrogen) atoms. The van der Waals surface area contributed by atoms with E-state index in [1.54, 1.807) is 29.2 Å². The van der Waals surface area contributed by atoms with Gasteiger partial charge in [0.05, 0.1) is 18.6 Å². The second-order valence-corrected chi connectivity index (χ2v) is 11.5. The van der Waals surface area contributed by atoms with Crippen LogP contribution in [0.5, 0.6) is 5.75 Å². The minimum absolute atomic E-state index is 0.00111. The molecule has 9 heteroatoms. The Balaban J connectivity index is 2.26. The molecule has 0 bridgehead atoms. The van der Waals surface area contributed by atoms with Crippen molar-refractivity contribution in [3.63, 3.8) is 0 Å². The van der Waals surface area contributed by atoms with E-state index in [-0.39, 0.29) is 30.8 Å². The highest BCUT2D eigenvalue weighted by Gasteiger charge is 2.29. The average molecular weight is 546 g/mol. The van der Waals surface area contributed by atoms with E-state index in [2.05, 4.69) is 5.32 Å². The number of anilines is 1. The van der Waals surface area contributed by atoms with Crippen LogP contribution in [-0.4, -0.2) is 56.6 Å². The van der Waals surface area contributed by atoms with Crippen LogP contribution < -0.4 is 14.4 Å². The number of hydrogen-bond donors (Lipinski definition) is 1. The van der Waals surface area contributed by atoms with Gasteiger partial charge >= 0.3 is 0 Å². The van der Waals surface area contributed by atoms with E-state index < -0.39 is 16.1 Å². The van der Waals surface area contributed by atoms with E-state index in [0.29, 0.717) is 37.4 Å². The van der Waals surface area contributed by atoms with Crippen molar-refractivity contribution in [1.82, 2.24) is 10.2 Å². The van der Waals surface area contributed by atoms with E-state index in [1.165, 1.54) is 4.31 Å². The topological polar surface area (TPSA) is 96.0 Å². The summed E-state index contributed by atoms with van der Waals surface area (Å²) in [6.07, 6.45) is 2.80. The van der Waals surface area contributed by atoms with Gasteiger partial charge in [-0.25, -0.2) is 8.42 Å². The lowest BCUT2D eigenvalue weighted by atomic mass is 10.1. The summed E-state index contributed by atoms with van der Waals surface area (Å²) in [5, 5.41) is 3.01. The molecule has 0 spiro atoms. The van der Waals surface area contributed by atoms with Crippen LogP contribution in [0.3, 0.4) is 0 Å². The van der Waals surface area contributed by atoms with Crippen molar-refractivity contribution in [2.45, 2.75) is 78.9 Å². The number of amides is 2. The summed E-state index contributed by atoms with van der Waals surface area (Å²) in [6.45, 7) is 10.5. The Bertz CT molecular complexity index is 1170. The van der Waals surface area contributed by atoms with E-state index in [4.69, 9.17) is 4.74 Å². The zero-order valence-corrected chi connectivity index (χ0v) is 24.4. The monoisotopic (exact) mass is 545 g/mol. The molecule has 2 aromatic carbocycles. The number of sulfonamides is 1. The van der Waals surface area contributed by atoms with Crippen LogP contribution in [0.25, 0.3) is 0 Å². The molecule has 0 aromatic heterocycles. The molecule has 0 saturated carbocycles. The Hall–Kier alpha value is -3.07. The molecule has 2 aromatic rings. The summed E-state index contributed by atoms with van der Waals surface area (Å²) < 4.78 is 32.3. The van der Waals surface area contributed by atoms with Gasteiger partial charge in [0, 0.05) is 25.6 Å². The predicted molar refractivity (Wildman–Crippen MR) is 153 cm³/mol. The van der Waals surface area contributed by atoms with Crippen LogP contribution in [0.2, 0.25) is 0 Å². The molecule has 0 aliphatic rings. The molecule has 0 fully saturated rings. The fourth-order valence-electron chi connectivity index (χ4n) is 4.29. The van der Waals surface area contributed by atoms with E-state index >= 15 is 0 Å². The van der Waals surface area contributed by atoms with Crippen molar-refractivity contribution >= 4 is 27.5 Å². The molecule has 0 unspecified atom stereocenters. The summed E-state index contributed by atoms with van der Waals surface area (Å²) >= 11 is 0. The minimum Gasteiger partial charge on any atom is -0.492 e. The number of carbonyl (C=O) groups is 2. The van der Waals surface area contributed by atoms with Crippen molar-refractivity contribution < 1.29 is 22.7 Å². The van der Waals surface area contributed by atoms with Crippen LogP contribution in [0.1, 0.15) is 64.5 Å². The number of nitrogens with one attached hydrogen (secondary N) is 1. The van der Waals surface area contributed by atoms with Crippen molar-refractivity contribution in [1.29, 1.82) is 0 Å². The van der Waals surface area contributed by atoms with Gasteiger partial charge in [0.15, 0.2) is 0 Å². The predicted octanol–water partition coefficient (Wildman–Crippen LogP) is 4.66. The van der Waals surface area contributed by atoms with E-state index in [0.717, 1.165) is 23.8 Å². The van der Waals surface area contributed by atoms with E-state index in [9.17, 15) is 18.0 Å². The third kappa shape index (κ3) is 9.04. The van der Waals surface area contributed by atoms with Crippen molar-refractivity contribution in [3.8, 4) is 5.75 Å². The van der Waals surface area contributed by atoms with Gasteiger partial charge in [0.25, 0.3) is 0 Å². The molecule has 0 radical (unpaired) electrons. The first-order chi connectivity index (χ1) is 18.0. The highest BCUT2D eigenvalue weighted by atomic mass is 32.2. The fraction of sp³-hybridized carbons (Fsp3) is 0.517. The van der Waals surface area contributed by atoms with Gasteiger partial charge in [0.2, 0.25) is 21.8 Å². The fourth-order valence-corrected chi connectivity index (χ4v) is 5.26. The third-order valence-corrected chi connectivity index (χ3v) is 7.59. The smallest absolute Gasteiger partial charge is 0.243 e. The van der Waals surface area contributed by atoms with Gasteiger partial charge in [0.1, 0.15) is 11.8 Å². The number of nitrogens with zero attached hydrogens (tertiary/aromatic N) is 2. The quantitative estimate of drug-likeness (QED) is 0.351. The van der Waals surface area contributed by atoms with Gasteiger partial charge < -0.3 is 15.0 Å². The number of para-hydroxylation sites is 2. The van der Waals surface area contributed by atoms with Gasteiger partial charge in [-0.05, 0) is 57.7 Å². The van der Waals surface area contributed by atoms with Gasteiger partial charge in [-0.1, -0.05) is 55.8 Å². The number of rotatable bonds is 15. The molecule has 210 valence electrons. The summed E-state index contributed by atoms with van der Waals surface area (Å²) in [5.74, 6) is 0.107. The Morgan fingerprint density at radius 3 is 2.34 bits per heavy atom. The Labute approximate surface area is 228 Å². The molecule has 8 nitrogen and oxygen atoms in total. The molecule has 2 atom stereocenters. The Morgan fingerprint density at radius 2 is 1.74 bits per heavy atom. The lowest BCUT2D eigenvalue weighted by Crippen LogP contribution is -2.50. The lowest BCUT2D eigenvalue weighted by Gasteiger charge is -2.32. The molecular formula is C29H43N3O5S. The second kappa shape index (κ2) is 14.8. The maximum atomic E-state index is 13.6. The lowest BCUT2D eigenvalue weighted by molar-refractivity contribution is -0.141. The number of benzene rings is 2. The third-order valence-electron chi connectivity index (χ3n) is 6.41. The second-order valence-electron chi connectivity index (χ2n) is 9.59. The molecule has 0 heterocycles. The first-order valence-corrected chi connectivity index (χ1v) is 15.2. The average Bonchev–Trinajstić information content (AvgIpc) is 2.86. The van der Waals surface area contributed by atoms with Gasteiger partial charge in [-0.15, -0.1) is 0 Å². The number of aryl methyl sites for hydroxylation is 1. The first-order valence-electron chi connectivity index (χ1n) is 13.4. The zero-order valence-electron chi connectivity index (χ0n) is 23.6. The molecular weight excluding hydrogens is 502 g/mol. The van der Waals surface area contributed by atoms with Crippen LogP contribution in [0.15, 0.2) is 48.5 Å². The standard InChI is InChI=1S/C29H43N3O5S/c1-7-23(5)30-29(34)25(8-2)31(21-24-15-12-14-22(4)20-24)28(33)18-13-19-32(38(6,35)36)26-16-10-11-17-27(26)37-9-3/h10-12,14-17,20,23,25H,7-9,13,18-19,21H2,1-6H3,(H,30,34)/t23-,25+/m1/s1. The highest BCUT2D eigenvalue weighted by molar-refractivity contribution is 7.92. The van der Waals surface area contributed by atoms with Gasteiger partial charge in [-0.2, -0.15) is 0 Å². The summed E-state index contributed by atoms with van der Waals surface area (Å²) in [6, 6.07) is 14.2. The van der Waals surface area contributed by atoms with Crippen molar-refractivity contribution in [3.05, 3.63) is 59.7 Å². The molecule has 0 aliphatic heterocycles. The van der Waals surface area contributed by atoms with Crippen LogP contribution in [-0.2, 0) is 26.2 Å². The molecule has 0 aliphatic carbocycles. The Morgan fingerprint density at radius 1 is 1.03 bits per heavy atom. The summed E-state index contributed by atoms with van der Waals surface area (Å²) in [4.78, 5) is 28.4. The largest absolute Gasteiger partial charge is 0.492 e. The first kappa shape index (κ1) is 31.1. The van der Waals surface area contributed by atoms with Crippen LogP contribution >= 0.6 is 0 Å². The molecule has 2 amide bonds. The maximum absolute atomic E-state index is 13.6. The summed E-state index contributed by atoms with van der Waals surface area (Å²) in [7, 11) is -3.62. The van der Waals surface area contributed by atoms with Crippen molar-refractivity contribution in [2.24, 2.45) is 0 Å². The zero-order chi connectivity index (χ0) is 28.3. The Kier molecular flexibility index (Phi) is 12.1. The van der Waals surface area contributed by atoms with Gasteiger partial charge in [-0.3, -0.25) is 13.9 Å². The summed E-state index contributed by atoms with van der Waals surface area (Å²) in [5.41, 5.74) is 2.46. The number of hydrogen-bond acceptors (Lipinski definition) is 5. The van der Waals surface area contributed by atoms with E-state index in [1.807, 2.05) is 58.9 Å². The van der Waals surface area contributed by atoms with Crippen LogP contribution in [0.4, 0.5) is 5.69 Å². The maximum Gasteiger partial charge on any atom is 0.243 e. The normalized spacial score (nSPS) is 12.9. The number of carbonyl (C=O) groups excluding carboxylic acids is 2. The molecule has 2 rings (SSSR count). The minimum atomic E-state index is -3.62. The number of ether oxygens (including phenoxy) is 1.